The van der Waals surface area contributed by atoms with E-state index in [1.165, 1.54) is 12.5 Å². The van der Waals surface area contributed by atoms with Crippen LogP contribution in [0.1, 0.15) is 26.5 Å². The molecule has 2 aromatic rings. The van der Waals surface area contributed by atoms with Crippen LogP contribution in [0.5, 0.6) is 0 Å². The number of aliphatic hydroxyl groups is 2. The number of carbonyl (C=O) groups excluding carboxylic acids is 1. The predicted molar refractivity (Wildman–Crippen MR) is 98.3 cm³/mol. The minimum Gasteiger partial charge on any atom is -0.397 e. The molecule has 148 valence electrons. The van der Waals surface area contributed by atoms with Crippen molar-refractivity contribution in [1.82, 2.24) is 19.9 Å². The summed E-state index contributed by atoms with van der Waals surface area (Å²) < 4.78 is 7.32. The number of amides is 1. The Labute approximate surface area is 156 Å². The van der Waals surface area contributed by atoms with Gasteiger partial charge in [0.05, 0.1) is 30.7 Å². The Morgan fingerprint density at radius 1 is 1.44 bits per heavy atom. The second kappa shape index (κ2) is 7.77. The van der Waals surface area contributed by atoms with Crippen molar-refractivity contribution in [2.24, 2.45) is 11.7 Å². The zero-order chi connectivity index (χ0) is 19.7. The maximum atomic E-state index is 12.4. The summed E-state index contributed by atoms with van der Waals surface area (Å²) >= 11 is 0. The average Bonchev–Trinajstić information content (AvgIpc) is 3.17. The number of nitrogens with zero attached hydrogens (tertiary/aromatic N) is 3. The van der Waals surface area contributed by atoms with Crippen LogP contribution in [0, 0.1) is 5.92 Å². The van der Waals surface area contributed by atoms with E-state index in [9.17, 15) is 15.0 Å². The summed E-state index contributed by atoms with van der Waals surface area (Å²) in [6.07, 6.45) is 0.707. The van der Waals surface area contributed by atoms with Crippen LogP contribution in [0.2, 0.25) is 0 Å². The molecule has 2 unspecified atom stereocenters. The molecule has 0 saturated carbocycles. The first-order valence-corrected chi connectivity index (χ1v) is 8.90. The van der Waals surface area contributed by atoms with E-state index in [4.69, 9.17) is 16.2 Å². The molecule has 5 atom stereocenters. The molecule has 1 amide bonds. The molecular weight excluding hydrogens is 352 g/mol. The lowest BCUT2D eigenvalue weighted by Crippen LogP contribution is -2.53. The summed E-state index contributed by atoms with van der Waals surface area (Å²) in [5.74, 6) is -0.140. The number of hydrogen-bond acceptors (Lipinski definition) is 8. The Hall–Kier alpha value is -2.27. The lowest BCUT2D eigenvalue weighted by Gasteiger charge is -2.23. The number of nitrogen functional groups attached to an aromatic ring is 1. The Balaban J connectivity index is 1.81. The zero-order valence-corrected chi connectivity index (χ0v) is 15.3. The molecule has 3 heterocycles. The number of aliphatic hydroxyl groups excluding tert-OH is 2. The highest BCUT2D eigenvalue weighted by Gasteiger charge is 2.46. The standard InChI is InChI=1S/C17H26N6O4/c1-8(2)5-10(19)16(26)22-13-11(6-24)27-17(14(13)25)23-7-21-12-9(18)3-4-20-15(12)23/h3-4,7-8,10-11,13-14,17,24-25H,5-6,19H2,1-2H3,(H2,18,20)(H,22,26)/t10?,11-,13?,14+,17-/m1/s1. The van der Waals surface area contributed by atoms with Crippen molar-refractivity contribution < 1.29 is 19.7 Å². The van der Waals surface area contributed by atoms with Gasteiger partial charge in [0.1, 0.15) is 17.7 Å². The SMILES string of the molecule is CC(C)CC(N)C(=O)NC1[C@@H](CO)O[C@@H](n2cnc3c(N)ccnc32)[C@H]1O. The third kappa shape index (κ3) is 3.74. The van der Waals surface area contributed by atoms with Gasteiger partial charge in [-0.15, -0.1) is 0 Å². The molecule has 7 N–H and O–H groups in total. The molecule has 27 heavy (non-hydrogen) atoms. The molecule has 3 rings (SSSR count). The van der Waals surface area contributed by atoms with E-state index in [2.05, 4.69) is 15.3 Å². The Morgan fingerprint density at radius 2 is 2.19 bits per heavy atom. The van der Waals surface area contributed by atoms with Crippen LogP contribution in [0.25, 0.3) is 11.2 Å². The molecule has 1 aliphatic rings. The summed E-state index contributed by atoms with van der Waals surface area (Å²) in [7, 11) is 0. The number of imidazole rings is 1. The van der Waals surface area contributed by atoms with Crippen molar-refractivity contribution in [3.8, 4) is 0 Å². The van der Waals surface area contributed by atoms with E-state index in [-0.39, 0.29) is 12.5 Å². The normalized spacial score (nSPS) is 26.6. The number of nitrogens with two attached hydrogens (primary N) is 2. The molecule has 1 aliphatic heterocycles. The van der Waals surface area contributed by atoms with Crippen molar-refractivity contribution in [1.29, 1.82) is 0 Å². The Morgan fingerprint density at radius 3 is 2.85 bits per heavy atom. The highest BCUT2D eigenvalue weighted by molar-refractivity contribution is 5.84. The van der Waals surface area contributed by atoms with E-state index in [0.29, 0.717) is 23.3 Å². The predicted octanol–water partition coefficient (Wildman–Crippen LogP) is -0.878. The molecule has 0 bridgehead atoms. The number of anilines is 1. The van der Waals surface area contributed by atoms with Crippen molar-refractivity contribution in [3.05, 3.63) is 18.6 Å². The zero-order valence-electron chi connectivity index (χ0n) is 15.3. The van der Waals surface area contributed by atoms with Crippen LogP contribution in [0.4, 0.5) is 5.69 Å². The van der Waals surface area contributed by atoms with E-state index in [1.807, 2.05) is 13.8 Å². The van der Waals surface area contributed by atoms with Gasteiger partial charge in [0.15, 0.2) is 11.9 Å². The van der Waals surface area contributed by atoms with E-state index in [0.717, 1.165) is 0 Å². The van der Waals surface area contributed by atoms with Gasteiger partial charge in [-0.25, -0.2) is 9.97 Å². The highest BCUT2D eigenvalue weighted by Crippen LogP contribution is 2.32. The second-order valence-electron chi connectivity index (χ2n) is 7.23. The number of carbonyl (C=O) groups is 1. The highest BCUT2D eigenvalue weighted by atomic mass is 16.5. The van der Waals surface area contributed by atoms with Gasteiger partial charge in [0.2, 0.25) is 5.91 Å². The summed E-state index contributed by atoms with van der Waals surface area (Å²) in [6.45, 7) is 3.56. The van der Waals surface area contributed by atoms with Crippen molar-refractivity contribution in [2.75, 3.05) is 12.3 Å². The number of nitrogens with one attached hydrogen (secondary N) is 1. The average molecular weight is 378 g/mol. The van der Waals surface area contributed by atoms with Gasteiger partial charge in [-0.05, 0) is 18.4 Å². The second-order valence-corrected chi connectivity index (χ2v) is 7.23. The van der Waals surface area contributed by atoms with Crippen LogP contribution in [-0.4, -0.2) is 61.6 Å². The molecule has 10 heteroatoms. The van der Waals surface area contributed by atoms with Gasteiger partial charge >= 0.3 is 0 Å². The number of rotatable bonds is 6. The summed E-state index contributed by atoms with van der Waals surface area (Å²) in [5, 5.41) is 23.1. The van der Waals surface area contributed by atoms with Gasteiger partial charge in [-0.3, -0.25) is 9.36 Å². The molecule has 0 aliphatic carbocycles. The van der Waals surface area contributed by atoms with Gasteiger partial charge < -0.3 is 31.7 Å². The lowest BCUT2D eigenvalue weighted by molar-refractivity contribution is -0.124. The number of ether oxygens (including phenoxy) is 1. The maximum Gasteiger partial charge on any atom is 0.237 e. The van der Waals surface area contributed by atoms with Crippen molar-refractivity contribution >= 4 is 22.8 Å². The molecule has 0 spiro atoms. The first-order valence-electron chi connectivity index (χ1n) is 8.90. The van der Waals surface area contributed by atoms with Crippen LogP contribution in [-0.2, 0) is 9.53 Å². The first-order chi connectivity index (χ1) is 12.8. The third-order valence-electron chi connectivity index (χ3n) is 4.69. The fraction of sp³-hybridized carbons (Fsp3) is 0.588. The molecule has 10 nitrogen and oxygen atoms in total. The minimum atomic E-state index is -1.13. The van der Waals surface area contributed by atoms with Gasteiger partial charge in [0, 0.05) is 6.20 Å². The quantitative estimate of drug-likeness (QED) is 0.433. The molecule has 2 aromatic heterocycles. The molecular formula is C17H26N6O4. The molecule has 0 aromatic carbocycles. The minimum absolute atomic E-state index is 0.255. The molecule has 1 saturated heterocycles. The summed E-state index contributed by atoms with van der Waals surface area (Å²) in [5.41, 5.74) is 13.2. The Kier molecular flexibility index (Phi) is 5.61. The van der Waals surface area contributed by atoms with Crippen LogP contribution in [0.3, 0.4) is 0 Å². The van der Waals surface area contributed by atoms with Crippen LogP contribution >= 0.6 is 0 Å². The van der Waals surface area contributed by atoms with Gasteiger partial charge in [-0.2, -0.15) is 0 Å². The lowest BCUT2D eigenvalue weighted by atomic mass is 10.0. The summed E-state index contributed by atoms with van der Waals surface area (Å²) in [4.78, 5) is 20.8. The largest absolute Gasteiger partial charge is 0.397 e. The van der Waals surface area contributed by atoms with Crippen LogP contribution < -0.4 is 16.8 Å². The van der Waals surface area contributed by atoms with E-state index >= 15 is 0 Å². The number of pyridine rings is 1. The fourth-order valence-corrected chi connectivity index (χ4v) is 3.33. The first kappa shape index (κ1) is 19.5. The summed E-state index contributed by atoms with van der Waals surface area (Å²) in [6, 6.07) is 0.108. The number of fused-ring (bicyclic) bond motifs is 1. The number of hydrogen-bond donors (Lipinski definition) is 5. The molecule has 1 fully saturated rings. The Bertz CT molecular complexity index is 810. The maximum absolute atomic E-state index is 12.4. The number of aromatic nitrogens is 3. The van der Waals surface area contributed by atoms with Gasteiger partial charge in [0.25, 0.3) is 0 Å². The third-order valence-corrected chi connectivity index (χ3v) is 4.69. The van der Waals surface area contributed by atoms with Crippen molar-refractivity contribution in [3.63, 3.8) is 0 Å². The molecule has 0 radical (unpaired) electrons. The topological polar surface area (TPSA) is 162 Å². The van der Waals surface area contributed by atoms with Crippen molar-refractivity contribution in [2.45, 2.75) is 50.8 Å². The fourth-order valence-electron chi connectivity index (χ4n) is 3.33. The van der Waals surface area contributed by atoms with Crippen LogP contribution in [0.15, 0.2) is 18.6 Å². The monoisotopic (exact) mass is 378 g/mol. The van der Waals surface area contributed by atoms with Gasteiger partial charge in [-0.1, -0.05) is 13.8 Å². The van der Waals surface area contributed by atoms with E-state index in [1.54, 1.807) is 10.6 Å². The van der Waals surface area contributed by atoms with E-state index < -0.39 is 36.4 Å². The smallest absolute Gasteiger partial charge is 0.237 e.